The Morgan fingerprint density at radius 2 is 0.667 bits per heavy atom. The van der Waals surface area contributed by atoms with Crippen LogP contribution in [0.1, 0.15) is 11.1 Å². The molecule has 8 amide bonds. The van der Waals surface area contributed by atoms with Gasteiger partial charge in [-0.15, -0.1) is 0 Å². The summed E-state index contributed by atoms with van der Waals surface area (Å²) in [4.78, 5) is 49.4. The van der Waals surface area contributed by atoms with Crippen LogP contribution in [0.2, 0.25) is 0 Å². The van der Waals surface area contributed by atoms with Crippen LogP contribution in [0.4, 0.5) is 53.3 Å². The summed E-state index contributed by atoms with van der Waals surface area (Å²) in [7, 11) is -8.74. The van der Waals surface area contributed by atoms with Gasteiger partial charge in [-0.3, -0.25) is 0 Å². The number of aryl methyl sites for hydroxylation is 2. The first-order chi connectivity index (χ1) is 25.6. The number of carbonyl (C=O) groups excluding carboxylic acids is 4. The molecule has 5 aromatic rings. The molecule has 0 unspecified atom stereocenters. The molecule has 0 aliphatic heterocycles. The van der Waals surface area contributed by atoms with Crippen molar-refractivity contribution in [2.75, 3.05) is 31.9 Å². The number of rotatable bonds is 10. The minimum Gasteiger partial charge on any atom is -0.308 e. The maximum absolute atomic E-state index is 12.9. The van der Waals surface area contributed by atoms with Gasteiger partial charge in [-0.25, -0.2) is 45.5 Å². The zero-order valence-electron chi connectivity index (χ0n) is 28.6. The minimum atomic E-state index is -4.37. The summed E-state index contributed by atoms with van der Waals surface area (Å²) in [6, 6.07) is 26.7. The third kappa shape index (κ3) is 11.0. The molecule has 0 aliphatic carbocycles. The number of amides is 8. The smallest absolute Gasteiger partial charge is 0.308 e. The Labute approximate surface area is 310 Å². The molecule has 8 N–H and O–H groups in total. The standard InChI is InChI=1S/C36H34N8O8S2/c1-23-7-3-9-27(19-23)39-33(45)41-29-11-5-13-31(21-29)53(49,50)43-35(47)37-25-15-17-26(18-16-25)38-36(48)44-54(51,52)32-14-6-12-30(22-32)42-34(46)40-28-10-4-8-24(2)20-28/h3-22H,1-2H3,(H2,37,43,47)(H2,38,44,48)(H2,39,41,45)(H2,40,42,46). The quantitative estimate of drug-likeness (QED) is 0.0768. The molecule has 0 saturated carbocycles. The number of nitrogens with one attached hydrogen (secondary N) is 8. The van der Waals surface area contributed by atoms with E-state index in [2.05, 4.69) is 31.9 Å². The lowest BCUT2D eigenvalue weighted by atomic mass is 10.2. The van der Waals surface area contributed by atoms with Crippen molar-refractivity contribution in [1.82, 2.24) is 9.44 Å². The highest BCUT2D eigenvalue weighted by Gasteiger charge is 2.20. The number of hydrogen-bond donors (Lipinski definition) is 8. The van der Waals surface area contributed by atoms with Crippen molar-refractivity contribution in [2.24, 2.45) is 0 Å². The predicted molar refractivity (Wildman–Crippen MR) is 206 cm³/mol. The highest BCUT2D eigenvalue weighted by atomic mass is 32.2. The van der Waals surface area contributed by atoms with E-state index in [4.69, 9.17) is 0 Å². The number of benzene rings is 5. The van der Waals surface area contributed by atoms with Gasteiger partial charge in [0.05, 0.1) is 9.79 Å². The molecule has 0 heterocycles. The Bertz CT molecular complexity index is 2270. The van der Waals surface area contributed by atoms with Crippen molar-refractivity contribution in [3.05, 3.63) is 132 Å². The molecule has 5 rings (SSSR count). The second-order valence-electron chi connectivity index (χ2n) is 11.6. The predicted octanol–water partition coefficient (Wildman–Crippen LogP) is 6.61. The van der Waals surface area contributed by atoms with Gasteiger partial charge in [0.1, 0.15) is 0 Å². The molecule has 16 nitrogen and oxygen atoms in total. The molecule has 0 atom stereocenters. The number of urea groups is 4. The number of anilines is 6. The summed E-state index contributed by atoms with van der Waals surface area (Å²) in [5.74, 6) is 0. The molecule has 0 fully saturated rings. The zero-order valence-corrected chi connectivity index (χ0v) is 30.3. The second-order valence-corrected chi connectivity index (χ2v) is 15.0. The van der Waals surface area contributed by atoms with Crippen molar-refractivity contribution in [3.63, 3.8) is 0 Å². The van der Waals surface area contributed by atoms with Crippen LogP contribution in [0.5, 0.6) is 0 Å². The fourth-order valence-electron chi connectivity index (χ4n) is 4.83. The van der Waals surface area contributed by atoms with Gasteiger partial charge in [0.25, 0.3) is 20.0 Å². The van der Waals surface area contributed by atoms with Crippen LogP contribution >= 0.6 is 0 Å². The molecule has 0 spiro atoms. The molecule has 0 radical (unpaired) electrons. The van der Waals surface area contributed by atoms with E-state index in [9.17, 15) is 36.0 Å². The van der Waals surface area contributed by atoms with E-state index < -0.39 is 44.2 Å². The number of carbonyl (C=O) groups is 4. The maximum Gasteiger partial charge on any atom is 0.333 e. The molecular formula is C36H34N8O8S2. The average molecular weight is 771 g/mol. The third-order valence-corrected chi connectivity index (χ3v) is 9.87. The van der Waals surface area contributed by atoms with Crippen LogP contribution in [0.15, 0.2) is 131 Å². The normalized spacial score (nSPS) is 11.0. The van der Waals surface area contributed by atoms with E-state index in [0.29, 0.717) is 11.4 Å². The lowest BCUT2D eigenvalue weighted by Gasteiger charge is -2.12. The lowest BCUT2D eigenvalue weighted by Crippen LogP contribution is -2.34. The average Bonchev–Trinajstić information content (AvgIpc) is 3.09. The first kappa shape index (κ1) is 38.3. The Hall–Kier alpha value is -6.92. The first-order valence-corrected chi connectivity index (χ1v) is 18.9. The van der Waals surface area contributed by atoms with Crippen LogP contribution in [0.25, 0.3) is 0 Å². The van der Waals surface area contributed by atoms with Gasteiger partial charge >= 0.3 is 24.1 Å². The molecule has 0 aliphatic rings. The fourth-order valence-corrected chi connectivity index (χ4v) is 6.73. The van der Waals surface area contributed by atoms with Crippen LogP contribution in [0, 0.1) is 13.8 Å². The summed E-state index contributed by atoms with van der Waals surface area (Å²) in [5.41, 5.74) is 3.56. The molecule has 278 valence electrons. The third-order valence-electron chi connectivity index (χ3n) is 7.21. The van der Waals surface area contributed by atoms with Crippen LogP contribution in [-0.2, 0) is 20.0 Å². The first-order valence-electron chi connectivity index (χ1n) is 15.9. The second kappa shape index (κ2) is 16.6. The maximum atomic E-state index is 12.9. The largest absolute Gasteiger partial charge is 0.333 e. The lowest BCUT2D eigenvalue weighted by molar-refractivity contribution is 0.255. The number of sulfonamides is 2. The molecule has 0 saturated heterocycles. The monoisotopic (exact) mass is 770 g/mol. The molecule has 5 aromatic carbocycles. The van der Waals surface area contributed by atoms with Gasteiger partial charge in [-0.1, -0.05) is 36.4 Å². The van der Waals surface area contributed by atoms with Crippen molar-refractivity contribution in [1.29, 1.82) is 0 Å². The Morgan fingerprint density at radius 1 is 0.370 bits per heavy atom. The summed E-state index contributed by atoms with van der Waals surface area (Å²) in [6.07, 6.45) is 0. The van der Waals surface area contributed by atoms with E-state index in [0.717, 1.165) is 11.1 Å². The Kier molecular flexibility index (Phi) is 11.8. The van der Waals surface area contributed by atoms with E-state index in [1.54, 1.807) is 36.4 Å². The SMILES string of the molecule is Cc1cccc(NC(=O)Nc2cccc(S(=O)(=O)NC(=O)Nc3ccc(NC(=O)NS(=O)(=O)c4cccc(NC(=O)Nc5cccc(C)c5)c4)cc3)c2)c1. The van der Waals surface area contributed by atoms with Crippen molar-refractivity contribution < 1.29 is 36.0 Å². The molecule has 54 heavy (non-hydrogen) atoms. The van der Waals surface area contributed by atoms with Gasteiger partial charge < -0.3 is 31.9 Å². The van der Waals surface area contributed by atoms with Crippen LogP contribution < -0.4 is 41.3 Å². The van der Waals surface area contributed by atoms with Crippen molar-refractivity contribution >= 4 is 78.3 Å². The number of hydrogen-bond acceptors (Lipinski definition) is 8. The molecule has 0 bridgehead atoms. The molecule has 18 heteroatoms. The van der Waals surface area contributed by atoms with E-state index in [1.807, 2.05) is 35.4 Å². The summed E-state index contributed by atoms with van der Waals surface area (Å²) in [6.45, 7) is 3.73. The van der Waals surface area contributed by atoms with Crippen molar-refractivity contribution in [3.8, 4) is 0 Å². The highest BCUT2D eigenvalue weighted by molar-refractivity contribution is 7.90. The van der Waals surface area contributed by atoms with Crippen LogP contribution in [0.3, 0.4) is 0 Å². The Morgan fingerprint density at radius 3 is 1.00 bits per heavy atom. The van der Waals surface area contributed by atoms with Crippen molar-refractivity contribution in [2.45, 2.75) is 23.6 Å². The van der Waals surface area contributed by atoms with Gasteiger partial charge in [-0.2, -0.15) is 0 Å². The summed E-state index contributed by atoms with van der Waals surface area (Å²) < 4.78 is 55.4. The summed E-state index contributed by atoms with van der Waals surface area (Å²) >= 11 is 0. The topological polar surface area (TPSA) is 233 Å². The Balaban J connectivity index is 1.11. The van der Waals surface area contributed by atoms with E-state index in [1.165, 1.54) is 72.8 Å². The highest BCUT2D eigenvalue weighted by Crippen LogP contribution is 2.20. The van der Waals surface area contributed by atoms with Gasteiger partial charge in [0.2, 0.25) is 0 Å². The van der Waals surface area contributed by atoms with E-state index in [-0.39, 0.29) is 32.5 Å². The van der Waals surface area contributed by atoms with Gasteiger partial charge in [0, 0.05) is 34.1 Å². The van der Waals surface area contributed by atoms with Crippen LogP contribution in [-0.4, -0.2) is 41.0 Å². The summed E-state index contributed by atoms with van der Waals surface area (Å²) in [5, 5.41) is 15.1. The fraction of sp³-hybridized carbons (Fsp3) is 0.0556. The van der Waals surface area contributed by atoms with Gasteiger partial charge in [0.15, 0.2) is 0 Å². The molecule has 0 aromatic heterocycles. The minimum absolute atomic E-state index is 0.139. The van der Waals surface area contributed by atoms with Gasteiger partial charge in [-0.05, 0) is 110 Å². The molecular weight excluding hydrogens is 737 g/mol. The zero-order chi connectivity index (χ0) is 38.9. The van der Waals surface area contributed by atoms with E-state index >= 15 is 0 Å².